The lowest BCUT2D eigenvalue weighted by Gasteiger charge is -2.42. The number of carbonyl (C=O) groups is 2. The van der Waals surface area contributed by atoms with Crippen LogP contribution in [0.5, 0.6) is 0 Å². The molecule has 1 N–H and O–H groups in total. The largest absolute Gasteiger partial charge is 0.334 e. The van der Waals surface area contributed by atoms with E-state index in [1.165, 1.54) is 11.6 Å². The molecule has 5 heteroatoms. The van der Waals surface area contributed by atoms with Crippen molar-refractivity contribution in [1.82, 2.24) is 15.1 Å². The van der Waals surface area contributed by atoms with E-state index in [9.17, 15) is 9.59 Å². The highest BCUT2D eigenvalue weighted by molar-refractivity contribution is 5.87. The van der Waals surface area contributed by atoms with E-state index < -0.39 is 0 Å². The molecule has 1 aromatic rings. The van der Waals surface area contributed by atoms with Crippen LogP contribution in [0.25, 0.3) is 0 Å². The van der Waals surface area contributed by atoms with Gasteiger partial charge in [0.15, 0.2) is 0 Å². The molecule has 0 bridgehead atoms. The van der Waals surface area contributed by atoms with Crippen molar-refractivity contribution >= 4 is 11.9 Å². The lowest BCUT2D eigenvalue weighted by atomic mass is 9.99. The standard InChI is InChI=1S/C19H27N3O2/c1-5-18(23)22-11-10-21(13-17(22)14(2)3)19(24)20-12-16-8-6-15(4)7-9-16/h5-9,14,17H,1,10-13H2,2-4H3,(H,20,24)/t17-/m1/s1. The minimum absolute atomic E-state index is 0.0226. The summed E-state index contributed by atoms with van der Waals surface area (Å²) in [6.45, 7) is 11.9. The zero-order chi connectivity index (χ0) is 17.7. The zero-order valence-corrected chi connectivity index (χ0v) is 14.8. The summed E-state index contributed by atoms with van der Waals surface area (Å²) in [4.78, 5) is 28.0. The van der Waals surface area contributed by atoms with Gasteiger partial charge in [-0.25, -0.2) is 4.79 Å². The van der Waals surface area contributed by atoms with Crippen molar-refractivity contribution in [3.05, 3.63) is 48.0 Å². The van der Waals surface area contributed by atoms with Gasteiger partial charge >= 0.3 is 6.03 Å². The van der Waals surface area contributed by atoms with Crippen LogP contribution in [-0.2, 0) is 11.3 Å². The molecule has 3 amide bonds. The highest BCUT2D eigenvalue weighted by atomic mass is 16.2. The second kappa shape index (κ2) is 7.99. The van der Waals surface area contributed by atoms with Crippen LogP contribution in [0.4, 0.5) is 4.79 Å². The van der Waals surface area contributed by atoms with Gasteiger partial charge in [-0.1, -0.05) is 50.3 Å². The fraction of sp³-hybridized carbons (Fsp3) is 0.474. The molecule has 0 spiro atoms. The average Bonchev–Trinajstić information content (AvgIpc) is 2.59. The Morgan fingerprint density at radius 2 is 1.96 bits per heavy atom. The Labute approximate surface area is 144 Å². The number of amides is 3. The first kappa shape index (κ1) is 18.0. The maximum atomic E-state index is 12.4. The minimum Gasteiger partial charge on any atom is -0.334 e. The number of nitrogens with one attached hydrogen (secondary N) is 1. The molecule has 0 saturated carbocycles. The summed E-state index contributed by atoms with van der Waals surface area (Å²) >= 11 is 0. The van der Waals surface area contributed by atoms with Crippen molar-refractivity contribution in [2.24, 2.45) is 5.92 Å². The monoisotopic (exact) mass is 329 g/mol. The number of aryl methyl sites for hydroxylation is 1. The Kier molecular flexibility index (Phi) is 6.01. The molecular formula is C19H27N3O2. The van der Waals surface area contributed by atoms with E-state index >= 15 is 0 Å². The first-order valence-corrected chi connectivity index (χ1v) is 8.43. The fourth-order valence-electron chi connectivity index (χ4n) is 2.95. The smallest absolute Gasteiger partial charge is 0.317 e. The summed E-state index contributed by atoms with van der Waals surface area (Å²) in [7, 11) is 0. The predicted octanol–water partition coefficient (Wildman–Crippen LogP) is 2.56. The van der Waals surface area contributed by atoms with Crippen molar-refractivity contribution in [1.29, 1.82) is 0 Å². The zero-order valence-electron chi connectivity index (χ0n) is 14.8. The van der Waals surface area contributed by atoms with Gasteiger partial charge in [0.2, 0.25) is 5.91 Å². The Bertz CT molecular complexity index is 595. The molecule has 0 aliphatic carbocycles. The maximum absolute atomic E-state index is 12.4. The third-order valence-electron chi connectivity index (χ3n) is 4.50. The first-order chi connectivity index (χ1) is 11.4. The van der Waals surface area contributed by atoms with Crippen LogP contribution in [-0.4, -0.2) is 47.4 Å². The number of hydrogen-bond donors (Lipinski definition) is 1. The van der Waals surface area contributed by atoms with E-state index in [-0.39, 0.29) is 23.9 Å². The number of carbonyl (C=O) groups excluding carboxylic acids is 2. The Morgan fingerprint density at radius 3 is 2.54 bits per heavy atom. The average molecular weight is 329 g/mol. The Hall–Kier alpha value is -2.30. The number of urea groups is 1. The van der Waals surface area contributed by atoms with Crippen LogP contribution in [0.1, 0.15) is 25.0 Å². The number of nitrogens with zero attached hydrogens (tertiary/aromatic N) is 2. The molecule has 1 aromatic carbocycles. The molecule has 130 valence electrons. The van der Waals surface area contributed by atoms with Gasteiger partial charge in [0, 0.05) is 26.2 Å². The van der Waals surface area contributed by atoms with Gasteiger partial charge < -0.3 is 15.1 Å². The van der Waals surface area contributed by atoms with E-state index in [1.807, 2.05) is 36.1 Å². The van der Waals surface area contributed by atoms with Crippen LogP contribution in [0.15, 0.2) is 36.9 Å². The Morgan fingerprint density at radius 1 is 1.29 bits per heavy atom. The van der Waals surface area contributed by atoms with Crippen molar-refractivity contribution in [2.45, 2.75) is 33.4 Å². The van der Waals surface area contributed by atoms with Gasteiger partial charge in [0.05, 0.1) is 6.04 Å². The molecular weight excluding hydrogens is 302 g/mol. The van der Waals surface area contributed by atoms with Crippen molar-refractivity contribution in [3.63, 3.8) is 0 Å². The highest BCUT2D eigenvalue weighted by Gasteiger charge is 2.33. The second-order valence-electron chi connectivity index (χ2n) is 6.64. The normalized spacial score (nSPS) is 17.8. The summed E-state index contributed by atoms with van der Waals surface area (Å²) in [5, 5.41) is 2.97. The Balaban J connectivity index is 1.94. The summed E-state index contributed by atoms with van der Waals surface area (Å²) < 4.78 is 0. The number of rotatable bonds is 4. The van der Waals surface area contributed by atoms with Gasteiger partial charge in [-0.3, -0.25) is 4.79 Å². The molecule has 1 aliphatic rings. The molecule has 0 radical (unpaired) electrons. The SMILES string of the molecule is C=CC(=O)N1CCN(C(=O)NCc2ccc(C)cc2)C[C@@H]1C(C)C. The van der Waals surface area contributed by atoms with Gasteiger partial charge in [0.25, 0.3) is 0 Å². The number of piperazine rings is 1. The van der Waals surface area contributed by atoms with Gasteiger partial charge in [-0.05, 0) is 24.5 Å². The molecule has 1 aliphatic heterocycles. The van der Waals surface area contributed by atoms with E-state index in [2.05, 4.69) is 25.7 Å². The summed E-state index contributed by atoms with van der Waals surface area (Å²) in [5.41, 5.74) is 2.28. The van der Waals surface area contributed by atoms with Crippen LogP contribution >= 0.6 is 0 Å². The summed E-state index contributed by atoms with van der Waals surface area (Å²) in [5.74, 6) is 0.218. The van der Waals surface area contributed by atoms with Gasteiger partial charge in [0.1, 0.15) is 0 Å². The van der Waals surface area contributed by atoms with Crippen LogP contribution in [0.3, 0.4) is 0 Å². The molecule has 0 aromatic heterocycles. The molecule has 0 unspecified atom stereocenters. The molecule has 24 heavy (non-hydrogen) atoms. The third-order valence-corrected chi connectivity index (χ3v) is 4.50. The predicted molar refractivity (Wildman–Crippen MR) is 95.5 cm³/mol. The van der Waals surface area contributed by atoms with E-state index in [1.54, 1.807) is 4.90 Å². The third kappa shape index (κ3) is 4.37. The molecule has 1 fully saturated rings. The van der Waals surface area contributed by atoms with E-state index in [4.69, 9.17) is 0 Å². The maximum Gasteiger partial charge on any atom is 0.317 e. The quantitative estimate of drug-likeness (QED) is 0.863. The summed E-state index contributed by atoms with van der Waals surface area (Å²) in [6.07, 6.45) is 1.35. The lowest BCUT2D eigenvalue weighted by molar-refractivity contribution is -0.131. The van der Waals surface area contributed by atoms with E-state index in [0.29, 0.717) is 26.2 Å². The summed E-state index contributed by atoms with van der Waals surface area (Å²) in [6, 6.07) is 8.06. The first-order valence-electron chi connectivity index (χ1n) is 8.43. The molecule has 1 heterocycles. The van der Waals surface area contributed by atoms with E-state index in [0.717, 1.165) is 5.56 Å². The molecule has 5 nitrogen and oxygen atoms in total. The fourth-order valence-corrected chi connectivity index (χ4v) is 2.95. The van der Waals surface area contributed by atoms with Crippen molar-refractivity contribution < 1.29 is 9.59 Å². The van der Waals surface area contributed by atoms with Crippen molar-refractivity contribution in [2.75, 3.05) is 19.6 Å². The number of benzene rings is 1. The lowest BCUT2D eigenvalue weighted by Crippen LogP contribution is -2.59. The van der Waals surface area contributed by atoms with Gasteiger partial charge in [-0.2, -0.15) is 0 Å². The van der Waals surface area contributed by atoms with Crippen LogP contribution in [0.2, 0.25) is 0 Å². The molecule has 2 rings (SSSR count). The van der Waals surface area contributed by atoms with Crippen LogP contribution < -0.4 is 5.32 Å². The molecule has 1 atom stereocenters. The highest BCUT2D eigenvalue weighted by Crippen LogP contribution is 2.18. The number of hydrogen-bond acceptors (Lipinski definition) is 2. The minimum atomic E-state index is -0.0769. The van der Waals surface area contributed by atoms with Gasteiger partial charge in [-0.15, -0.1) is 0 Å². The molecule has 1 saturated heterocycles. The second-order valence-corrected chi connectivity index (χ2v) is 6.64. The van der Waals surface area contributed by atoms with Crippen molar-refractivity contribution in [3.8, 4) is 0 Å². The van der Waals surface area contributed by atoms with Crippen LogP contribution in [0, 0.1) is 12.8 Å². The topological polar surface area (TPSA) is 52.7 Å².